The number of hydrogen-bond acceptors (Lipinski definition) is 3. The van der Waals surface area contributed by atoms with Crippen molar-refractivity contribution in [1.29, 1.82) is 0 Å². The summed E-state index contributed by atoms with van der Waals surface area (Å²) in [5.41, 5.74) is 3.76. The van der Waals surface area contributed by atoms with E-state index in [0.717, 1.165) is 9.13 Å². The van der Waals surface area contributed by atoms with E-state index in [1.807, 2.05) is 24.3 Å². The van der Waals surface area contributed by atoms with E-state index in [0.29, 0.717) is 5.69 Å². The quantitative estimate of drug-likeness (QED) is 0.412. The van der Waals surface area contributed by atoms with Gasteiger partial charge in [-0.15, -0.1) is 0 Å². The van der Waals surface area contributed by atoms with Crippen LogP contribution in [0, 0.1) is 9.39 Å². The largest absolute Gasteiger partial charge is 0.326 e. The molecule has 0 aliphatic carbocycles. The van der Waals surface area contributed by atoms with Crippen LogP contribution in [0.15, 0.2) is 53.6 Å². The smallest absolute Gasteiger partial charge is 0.240 e. The van der Waals surface area contributed by atoms with Gasteiger partial charge in [0.2, 0.25) is 11.8 Å². The zero-order valence-corrected chi connectivity index (χ0v) is 14.8. The number of hydrazone groups is 1. The lowest BCUT2D eigenvalue weighted by Gasteiger charge is -2.04. The van der Waals surface area contributed by atoms with Gasteiger partial charge in [0.15, 0.2) is 0 Å². The van der Waals surface area contributed by atoms with E-state index in [1.165, 1.54) is 24.3 Å². The van der Waals surface area contributed by atoms with Gasteiger partial charge in [-0.1, -0.05) is 18.2 Å². The van der Waals surface area contributed by atoms with Crippen molar-refractivity contribution in [3.05, 3.63) is 63.5 Å². The van der Waals surface area contributed by atoms with E-state index in [1.54, 1.807) is 6.21 Å². The van der Waals surface area contributed by atoms with Crippen molar-refractivity contribution in [3.8, 4) is 0 Å². The molecule has 2 aromatic carbocycles. The highest BCUT2D eigenvalue weighted by atomic mass is 127. The molecule has 0 fully saturated rings. The first-order valence-electron chi connectivity index (χ1n) is 7.16. The van der Waals surface area contributed by atoms with Crippen molar-refractivity contribution < 1.29 is 14.0 Å². The van der Waals surface area contributed by atoms with Gasteiger partial charge in [-0.3, -0.25) is 9.59 Å². The molecule has 0 aromatic heterocycles. The van der Waals surface area contributed by atoms with E-state index < -0.39 is 0 Å². The number of benzene rings is 2. The highest BCUT2D eigenvalue weighted by molar-refractivity contribution is 14.1. The Balaban J connectivity index is 1.73. The summed E-state index contributed by atoms with van der Waals surface area (Å²) >= 11 is 2.17. The van der Waals surface area contributed by atoms with Crippen LogP contribution in [0.4, 0.5) is 10.1 Å². The van der Waals surface area contributed by atoms with E-state index in [-0.39, 0.29) is 30.5 Å². The van der Waals surface area contributed by atoms with Crippen LogP contribution in [0.5, 0.6) is 0 Å². The number of carbonyl (C=O) groups is 2. The molecule has 2 rings (SSSR count). The zero-order chi connectivity index (χ0) is 17.4. The van der Waals surface area contributed by atoms with E-state index in [9.17, 15) is 14.0 Å². The molecule has 5 nitrogen and oxygen atoms in total. The first kappa shape index (κ1) is 18.1. The Morgan fingerprint density at radius 3 is 2.42 bits per heavy atom. The average molecular weight is 439 g/mol. The van der Waals surface area contributed by atoms with Gasteiger partial charge < -0.3 is 5.32 Å². The van der Waals surface area contributed by atoms with Crippen molar-refractivity contribution in [1.82, 2.24) is 5.43 Å². The minimum absolute atomic E-state index is 0.0102. The summed E-state index contributed by atoms with van der Waals surface area (Å²) in [6.07, 6.45) is 1.58. The summed E-state index contributed by atoms with van der Waals surface area (Å²) in [6.45, 7) is 0. The van der Waals surface area contributed by atoms with Crippen molar-refractivity contribution in [2.75, 3.05) is 5.32 Å². The second-order valence-electron chi connectivity index (χ2n) is 4.87. The summed E-state index contributed by atoms with van der Waals surface area (Å²) in [5, 5.41) is 6.46. The second-order valence-corrected chi connectivity index (χ2v) is 6.03. The minimum Gasteiger partial charge on any atom is -0.326 e. The number of amides is 2. The third-order valence-electron chi connectivity index (χ3n) is 3.01. The van der Waals surface area contributed by atoms with Gasteiger partial charge in [-0.25, -0.2) is 9.82 Å². The molecule has 0 atom stereocenters. The third kappa shape index (κ3) is 6.07. The highest BCUT2D eigenvalue weighted by Gasteiger charge is 2.07. The molecule has 2 aromatic rings. The zero-order valence-electron chi connectivity index (χ0n) is 12.6. The number of nitrogens with one attached hydrogen (secondary N) is 2. The fraction of sp³-hybridized carbons (Fsp3) is 0.118. The van der Waals surface area contributed by atoms with Crippen molar-refractivity contribution in [2.24, 2.45) is 5.10 Å². The average Bonchev–Trinajstić information content (AvgIpc) is 2.57. The number of hydrogen-bond donors (Lipinski definition) is 2. The number of rotatable bonds is 6. The second kappa shape index (κ2) is 9.11. The number of carbonyl (C=O) groups excluding carboxylic acids is 2. The Morgan fingerprint density at radius 1 is 1.04 bits per heavy atom. The Hall–Kier alpha value is -2.29. The molecular formula is C17H15FIN3O2. The maximum Gasteiger partial charge on any atom is 0.240 e. The molecule has 0 aliphatic heterocycles. The lowest BCUT2D eigenvalue weighted by Crippen LogP contribution is -2.20. The van der Waals surface area contributed by atoms with Crippen LogP contribution in [0.25, 0.3) is 0 Å². The standard InChI is InChI=1S/C17H15FIN3O2/c18-13-5-7-14(8-6-13)21-16(23)9-10-17(24)22-20-11-12-3-1-2-4-15(12)19/h1-8,11H,9-10H2,(H,21,23)(H,22,24)/b20-11+. The first-order valence-corrected chi connectivity index (χ1v) is 8.24. The fourth-order valence-electron chi connectivity index (χ4n) is 1.79. The maximum absolute atomic E-state index is 12.8. The van der Waals surface area contributed by atoms with Gasteiger partial charge in [0.1, 0.15) is 5.82 Å². The van der Waals surface area contributed by atoms with E-state index in [2.05, 4.69) is 38.4 Å². The molecule has 24 heavy (non-hydrogen) atoms. The summed E-state index contributed by atoms with van der Waals surface area (Å²) < 4.78 is 13.8. The Morgan fingerprint density at radius 2 is 1.71 bits per heavy atom. The predicted octanol–water partition coefficient (Wildman–Crippen LogP) is 3.30. The minimum atomic E-state index is -0.377. The van der Waals surface area contributed by atoms with Gasteiger partial charge >= 0.3 is 0 Å². The lowest BCUT2D eigenvalue weighted by atomic mass is 10.2. The summed E-state index contributed by atoms with van der Waals surface area (Å²) in [6, 6.07) is 13.0. The third-order valence-corrected chi connectivity index (χ3v) is 3.99. The van der Waals surface area contributed by atoms with Crippen LogP contribution in [-0.4, -0.2) is 18.0 Å². The summed E-state index contributed by atoms with van der Waals surface area (Å²) in [5.74, 6) is -1.05. The lowest BCUT2D eigenvalue weighted by molar-refractivity contribution is -0.124. The molecule has 0 saturated heterocycles. The molecule has 0 radical (unpaired) electrons. The Kier molecular flexibility index (Phi) is 6.86. The van der Waals surface area contributed by atoms with Crippen molar-refractivity contribution in [2.45, 2.75) is 12.8 Å². The maximum atomic E-state index is 12.8. The number of anilines is 1. The molecule has 2 amide bonds. The van der Waals surface area contributed by atoms with Gasteiger partial charge in [-0.05, 0) is 52.9 Å². The molecule has 0 bridgehead atoms. The predicted molar refractivity (Wildman–Crippen MR) is 99.2 cm³/mol. The molecule has 0 aliphatic rings. The number of nitrogens with zero attached hydrogens (tertiary/aromatic N) is 1. The Bertz CT molecular complexity index is 748. The topological polar surface area (TPSA) is 70.6 Å². The first-order chi connectivity index (χ1) is 11.5. The Labute approximate surface area is 152 Å². The van der Waals surface area contributed by atoms with Crippen LogP contribution < -0.4 is 10.7 Å². The van der Waals surface area contributed by atoms with Gasteiger partial charge in [0.05, 0.1) is 6.21 Å². The van der Waals surface area contributed by atoms with Gasteiger partial charge in [0.25, 0.3) is 0 Å². The highest BCUT2D eigenvalue weighted by Crippen LogP contribution is 2.09. The summed E-state index contributed by atoms with van der Waals surface area (Å²) in [4.78, 5) is 23.4. The van der Waals surface area contributed by atoms with Gasteiger partial charge in [0, 0.05) is 27.7 Å². The molecule has 0 heterocycles. The molecular weight excluding hydrogens is 424 g/mol. The molecule has 0 spiro atoms. The van der Waals surface area contributed by atoms with E-state index in [4.69, 9.17) is 0 Å². The normalized spacial score (nSPS) is 10.6. The van der Waals surface area contributed by atoms with Crippen LogP contribution in [-0.2, 0) is 9.59 Å². The van der Waals surface area contributed by atoms with Crippen molar-refractivity contribution >= 4 is 46.3 Å². The SMILES string of the molecule is O=C(CCC(=O)Nc1ccc(F)cc1)N/N=C/c1ccccc1I. The van der Waals surface area contributed by atoms with Crippen LogP contribution >= 0.6 is 22.6 Å². The molecule has 2 N–H and O–H groups in total. The molecule has 7 heteroatoms. The van der Waals surface area contributed by atoms with Crippen molar-refractivity contribution in [3.63, 3.8) is 0 Å². The molecule has 124 valence electrons. The van der Waals surface area contributed by atoms with Crippen LogP contribution in [0.2, 0.25) is 0 Å². The fourth-order valence-corrected chi connectivity index (χ4v) is 2.32. The molecule has 0 saturated carbocycles. The van der Waals surface area contributed by atoms with Gasteiger partial charge in [-0.2, -0.15) is 5.10 Å². The van der Waals surface area contributed by atoms with Crippen LogP contribution in [0.3, 0.4) is 0 Å². The molecule has 0 unspecified atom stereocenters. The van der Waals surface area contributed by atoms with E-state index >= 15 is 0 Å². The van der Waals surface area contributed by atoms with Crippen LogP contribution in [0.1, 0.15) is 18.4 Å². The monoisotopic (exact) mass is 439 g/mol. The number of halogens is 2. The summed E-state index contributed by atoms with van der Waals surface area (Å²) in [7, 11) is 0.